The molecule has 0 aromatic carbocycles. The van der Waals surface area contributed by atoms with Crippen molar-refractivity contribution in [1.29, 1.82) is 0 Å². The molecule has 2 aromatic rings. The molecule has 34 heavy (non-hydrogen) atoms. The van der Waals surface area contributed by atoms with Gasteiger partial charge in [0.25, 0.3) is 5.56 Å². The van der Waals surface area contributed by atoms with Crippen LogP contribution in [-0.2, 0) is 11.3 Å². The van der Waals surface area contributed by atoms with Crippen molar-refractivity contribution in [3.63, 3.8) is 0 Å². The largest absolute Gasteiger partial charge is 0.494 e. The number of fused-ring (bicyclic) bond motifs is 1. The molecule has 4 N–H and O–H groups in total. The molecule has 4 heterocycles. The van der Waals surface area contributed by atoms with Crippen molar-refractivity contribution in [3.8, 4) is 0 Å². The van der Waals surface area contributed by atoms with E-state index in [1.807, 2.05) is 32.1 Å². The molecule has 2 aromatic heterocycles. The van der Waals surface area contributed by atoms with Gasteiger partial charge in [0, 0.05) is 30.8 Å². The number of nitrogens with one attached hydrogen (secondary N) is 3. The van der Waals surface area contributed by atoms with Gasteiger partial charge in [-0.25, -0.2) is 4.98 Å². The van der Waals surface area contributed by atoms with Crippen molar-refractivity contribution in [2.45, 2.75) is 58.7 Å². The molecule has 1 atom stereocenters. The third kappa shape index (κ3) is 5.59. The van der Waals surface area contributed by atoms with Crippen molar-refractivity contribution >= 4 is 28.2 Å². The zero-order valence-electron chi connectivity index (χ0n) is 20.3. The van der Waals surface area contributed by atoms with Crippen LogP contribution < -0.4 is 21.5 Å². The van der Waals surface area contributed by atoms with Crippen LogP contribution in [0.3, 0.4) is 0 Å². The molecule has 9 nitrogen and oxygen atoms in total. The summed E-state index contributed by atoms with van der Waals surface area (Å²) in [6.07, 6.45) is 6.95. The Bertz CT molecular complexity index is 1120. The Morgan fingerprint density at radius 2 is 2.12 bits per heavy atom. The number of aliphatic hydroxyl groups is 1. The Balaban J connectivity index is 1.63. The lowest BCUT2D eigenvalue weighted by Crippen LogP contribution is -2.34. The average Bonchev–Trinajstić information content (AvgIpc) is 2.81. The van der Waals surface area contributed by atoms with Gasteiger partial charge in [-0.3, -0.25) is 9.79 Å². The maximum Gasteiger partial charge on any atom is 0.262 e. The van der Waals surface area contributed by atoms with Crippen LogP contribution >= 0.6 is 0 Å². The second kappa shape index (κ2) is 11.0. The number of ether oxygens (including phenoxy) is 1. The molecule has 4 rings (SSSR count). The van der Waals surface area contributed by atoms with Crippen molar-refractivity contribution in [3.05, 3.63) is 40.5 Å². The topological polar surface area (TPSA) is 113 Å². The van der Waals surface area contributed by atoms with Gasteiger partial charge in [-0.15, -0.1) is 0 Å². The first-order valence-corrected chi connectivity index (χ1v) is 12.3. The van der Waals surface area contributed by atoms with E-state index in [1.54, 1.807) is 6.20 Å². The SMILES string of the molecule is CCC1CN=C(Nc2cc3ccn(CCO)c(=O)c3c(NC(C)C)n2)C=C1OC1CCNCC1. The van der Waals surface area contributed by atoms with Crippen molar-refractivity contribution in [2.75, 3.05) is 36.9 Å². The second-order valence-corrected chi connectivity index (χ2v) is 9.23. The molecule has 0 radical (unpaired) electrons. The van der Waals surface area contributed by atoms with E-state index >= 15 is 0 Å². The summed E-state index contributed by atoms with van der Waals surface area (Å²) in [5.74, 6) is 3.12. The fourth-order valence-electron chi connectivity index (χ4n) is 4.40. The lowest BCUT2D eigenvalue weighted by Gasteiger charge is -2.29. The van der Waals surface area contributed by atoms with Crippen LogP contribution in [0.4, 0.5) is 11.6 Å². The number of rotatable bonds is 8. The van der Waals surface area contributed by atoms with E-state index in [1.165, 1.54) is 4.57 Å². The molecular formula is C25H36N6O3. The number of pyridine rings is 2. The zero-order valence-corrected chi connectivity index (χ0v) is 20.3. The third-order valence-electron chi connectivity index (χ3n) is 6.23. The van der Waals surface area contributed by atoms with Gasteiger partial charge in [-0.05, 0) is 63.7 Å². The van der Waals surface area contributed by atoms with Crippen molar-refractivity contribution in [1.82, 2.24) is 14.9 Å². The molecule has 1 fully saturated rings. The fraction of sp³-hybridized carbons (Fsp3) is 0.560. The number of amidine groups is 1. The third-order valence-corrected chi connectivity index (χ3v) is 6.23. The van der Waals surface area contributed by atoms with Gasteiger partial charge >= 0.3 is 0 Å². The molecule has 0 bridgehead atoms. The maximum atomic E-state index is 13.0. The van der Waals surface area contributed by atoms with Gasteiger partial charge in [0.05, 0.1) is 18.5 Å². The summed E-state index contributed by atoms with van der Waals surface area (Å²) in [7, 11) is 0. The number of hydrogen-bond donors (Lipinski definition) is 4. The molecular weight excluding hydrogens is 432 g/mol. The zero-order chi connectivity index (χ0) is 24.1. The summed E-state index contributed by atoms with van der Waals surface area (Å²) in [6.45, 7) is 8.97. The Morgan fingerprint density at radius 3 is 2.82 bits per heavy atom. The molecule has 1 unspecified atom stereocenters. The summed E-state index contributed by atoms with van der Waals surface area (Å²) in [5.41, 5.74) is -0.174. The number of aromatic nitrogens is 2. The minimum absolute atomic E-state index is 0.0964. The van der Waals surface area contributed by atoms with Gasteiger partial charge < -0.3 is 30.4 Å². The first-order valence-electron chi connectivity index (χ1n) is 12.3. The molecule has 2 aliphatic heterocycles. The van der Waals surface area contributed by atoms with Crippen LogP contribution in [-0.4, -0.2) is 58.9 Å². The summed E-state index contributed by atoms with van der Waals surface area (Å²) >= 11 is 0. The van der Waals surface area contributed by atoms with Crippen LogP contribution in [0, 0.1) is 5.92 Å². The van der Waals surface area contributed by atoms with Crippen LogP contribution in [0.2, 0.25) is 0 Å². The van der Waals surface area contributed by atoms with Crippen molar-refractivity contribution < 1.29 is 9.84 Å². The minimum atomic E-state index is -0.174. The number of piperidine rings is 1. The lowest BCUT2D eigenvalue weighted by molar-refractivity contribution is 0.0685. The smallest absolute Gasteiger partial charge is 0.262 e. The van der Waals surface area contributed by atoms with Gasteiger partial charge in [0.1, 0.15) is 29.3 Å². The summed E-state index contributed by atoms with van der Waals surface area (Å²) in [4.78, 5) is 22.5. The van der Waals surface area contributed by atoms with E-state index in [0.29, 0.717) is 29.4 Å². The Labute approximate surface area is 200 Å². The number of anilines is 2. The number of hydrogen-bond acceptors (Lipinski definition) is 8. The highest BCUT2D eigenvalue weighted by molar-refractivity contribution is 6.05. The highest BCUT2D eigenvalue weighted by Gasteiger charge is 2.24. The normalized spacial score (nSPS) is 19.1. The molecule has 0 amide bonds. The Kier molecular flexibility index (Phi) is 7.84. The average molecular weight is 469 g/mol. The first-order chi connectivity index (χ1) is 16.5. The number of aliphatic hydroxyl groups excluding tert-OH is 1. The number of nitrogens with zero attached hydrogens (tertiary/aromatic N) is 3. The van der Waals surface area contributed by atoms with Gasteiger partial charge in [-0.1, -0.05) is 6.92 Å². The number of dihydropyridines is 1. The Hall–Kier alpha value is -2.91. The predicted molar refractivity (Wildman–Crippen MR) is 137 cm³/mol. The van der Waals surface area contributed by atoms with Crippen LogP contribution in [0.1, 0.15) is 40.0 Å². The second-order valence-electron chi connectivity index (χ2n) is 9.23. The van der Waals surface area contributed by atoms with E-state index in [0.717, 1.165) is 43.5 Å². The van der Waals surface area contributed by atoms with E-state index in [2.05, 4.69) is 22.9 Å². The molecule has 184 valence electrons. The first kappa shape index (κ1) is 24.2. The summed E-state index contributed by atoms with van der Waals surface area (Å²) in [6, 6.07) is 3.84. The fourth-order valence-corrected chi connectivity index (χ4v) is 4.40. The quantitative estimate of drug-likeness (QED) is 0.471. The van der Waals surface area contributed by atoms with Gasteiger partial charge in [-0.2, -0.15) is 0 Å². The van der Waals surface area contributed by atoms with Crippen LogP contribution in [0.25, 0.3) is 10.8 Å². The van der Waals surface area contributed by atoms with Crippen molar-refractivity contribution in [2.24, 2.45) is 10.9 Å². The molecule has 1 saturated heterocycles. The molecule has 0 saturated carbocycles. The van der Waals surface area contributed by atoms with Gasteiger partial charge in [0.2, 0.25) is 0 Å². The minimum Gasteiger partial charge on any atom is -0.494 e. The number of aliphatic imine (C=N–C) groups is 1. The maximum absolute atomic E-state index is 13.0. The molecule has 0 aliphatic carbocycles. The van der Waals surface area contributed by atoms with Crippen LogP contribution in [0.15, 0.2) is 40.0 Å². The van der Waals surface area contributed by atoms with E-state index < -0.39 is 0 Å². The molecule has 9 heteroatoms. The van der Waals surface area contributed by atoms with Crippen LogP contribution in [0.5, 0.6) is 0 Å². The highest BCUT2D eigenvalue weighted by atomic mass is 16.5. The predicted octanol–water partition coefficient (Wildman–Crippen LogP) is 2.71. The molecule has 0 spiro atoms. The van der Waals surface area contributed by atoms with E-state index in [-0.39, 0.29) is 36.8 Å². The molecule has 2 aliphatic rings. The lowest BCUT2D eigenvalue weighted by atomic mass is 10.0. The summed E-state index contributed by atoms with van der Waals surface area (Å²) < 4.78 is 7.91. The highest BCUT2D eigenvalue weighted by Crippen LogP contribution is 2.27. The van der Waals surface area contributed by atoms with Gasteiger partial charge in [0.15, 0.2) is 0 Å². The monoisotopic (exact) mass is 468 g/mol. The standard InChI is InChI=1S/C25H36N6O3/c1-4-17-15-27-21(14-20(17)34-19-5-8-26-9-6-19)29-22-13-18-7-10-31(11-12-32)25(33)23(18)24(30-22)28-16(2)3/h7,10,13-14,16-17,19,26,32H,4-6,8-9,11-12,15H2,1-3H3,(H2,27,28,29,30). The van der Waals surface area contributed by atoms with E-state index in [4.69, 9.17) is 14.7 Å². The Morgan fingerprint density at radius 1 is 1.32 bits per heavy atom. The summed E-state index contributed by atoms with van der Waals surface area (Å²) in [5, 5.41) is 20.6. The van der Waals surface area contributed by atoms with E-state index in [9.17, 15) is 9.90 Å².